The first-order chi connectivity index (χ1) is 20.0. The van der Waals surface area contributed by atoms with Crippen LogP contribution in [0.2, 0.25) is 0 Å². The molecule has 3 amide bonds. The number of hydrogen-bond donors (Lipinski definition) is 4. The van der Waals surface area contributed by atoms with E-state index in [0.29, 0.717) is 12.1 Å². The first kappa shape index (κ1) is 30.3. The molecule has 0 atom stereocenters. The fourth-order valence-electron chi connectivity index (χ4n) is 4.49. The van der Waals surface area contributed by atoms with Gasteiger partial charge in [0.2, 0.25) is 5.95 Å². The number of urea groups is 1. The summed E-state index contributed by atoms with van der Waals surface area (Å²) in [6.45, 7) is 8.30. The van der Waals surface area contributed by atoms with Crippen molar-refractivity contribution in [3.05, 3.63) is 77.5 Å². The van der Waals surface area contributed by atoms with E-state index in [2.05, 4.69) is 30.8 Å². The molecule has 220 valence electrons. The van der Waals surface area contributed by atoms with Gasteiger partial charge in [0.1, 0.15) is 0 Å². The number of benzene rings is 3. The minimum Gasteiger partial charge on any atom is -0.368 e. The molecule has 4 aromatic rings. The lowest BCUT2D eigenvalue weighted by atomic mass is 9.97. The number of fused-ring (bicyclic) bond motifs is 1. The molecule has 0 aliphatic rings. The molecular weight excluding hydrogens is 547 g/mol. The van der Waals surface area contributed by atoms with Crippen LogP contribution in [0.4, 0.5) is 35.3 Å². The van der Waals surface area contributed by atoms with Crippen molar-refractivity contribution in [3.63, 3.8) is 0 Å². The zero-order chi connectivity index (χ0) is 30.4. The normalized spacial score (nSPS) is 11.5. The highest BCUT2D eigenvalue weighted by Gasteiger charge is 2.34. The van der Waals surface area contributed by atoms with E-state index >= 15 is 0 Å². The molecule has 9 nitrogen and oxygen atoms in total. The molecule has 1 aromatic heterocycles. The van der Waals surface area contributed by atoms with E-state index in [0.717, 1.165) is 47.3 Å². The number of amides is 3. The SMILES string of the molecule is CCN(CC)CCNC(=O)Nc1ccc(NC(=O)c2ccc(C)c(-c3ccc4nc(N)ncc4c3)c2)cc1C(F)(F)F. The Morgan fingerprint density at radius 1 is 0.976 bits per heavy atom. The van der Waals surface area contributed by atoms with E-state index in [1.54, 1.807) is 30.5 Å². The number of hydrogen-bond acceptors (Lipinski definition) is 6. The molecule has 3 aromatic carbocycles. The summed E-state index contributed by atoms with van der Waals surface area (Å²) >= 11 is 0. The van der Waals surface area contributed by atoms with Crippen LogP contribution in [0.5, 0.6) is 0 Å². The molecule has 0 aliphatic heterocycles. The molecule has 0 radical (unpaired) electrons. The number of carbonyl (C=O) groups is 2. The smallest absolute Gasteiger partial charge is 0.368 e. The Labute approximate surface area is 241 Å². The Morgan fingerprint density at radius 3 is 2.45 bits per heavy atom. The number of aromatic nitrogens is 2. The van der Waals surface area contributed by atoms with Gasteiger partial charge in [0.05, 0.1) is 16.8 Å². The van der Waals surface area contributed by atoms with Crippen molar-refractivity contribution >= 4 is 40.2 Å². The number of nitrogens with two attached hydrogens (primary N) is 1. The van der Waals surface area contributed by atoms with E-state index in [4.69, 9.17) is 5.73 Å². The number of nitrogen functional groups attached to an aromatic ring is 1. The second-order valence-electron chi connectivity index (χ2n) is 9.65. The van der Waals surface area contributed by atoms with Crippen molar-refractivity contribution in [3.8, 4) is 11.1 Å². The number of nitrogens with zero attached hydrogens (tertiary/aromatic N) is 3. The van der Waals surface area contributed by atoms with E-state index in [-0.39, 0.29) is 23.7 Å². The lowest BCUT2D eigenvalue weighted by Crippen LogP contribution is -2.37. The quantitative estimate of drug-likeness (QED) is 0.195. The van der Waals surface area contributed by atoms with Crippen LogP contribution in [0.25, 0.3) is 22.0 Å². The van der Waals surface area contributed by atoms with Crippen molar-refractivity contribution in [2.75, 3.05) is 42.5 Å². The molecule has 42 heavy (non-hydrogen) atoms. The Hall–Kier alpha value is -4.71. The van der Waals surface area contributed by atoms with E-state index in [1.807, 2.05) is 32.9 Å². The summed E-state index contributed by atoms with van der Waals surface area (Å²) in [6, 6.07) is 13.0. The van der Waals surface area contributed by atoms with Crippen molar-refractivity contribution in [1.82, 2.24) is 20.2 Å². The summed E-state index contributed by atoms with van der Waals surface area (Å²) < 4.78 is 41.7. The summed E-state index contributed by atoms with van der Waals surface area (Å²) in [4.78, 5) is 35.7. The number of nitrogens with one attached hydrogen (secondary N) is 3. The van der Waals surface area contributed by atoms with Gasteiger partial charge in [-0.1, -0.05) is 26.0 Å². The first-order valence-corrected chi connectivity index (χ1v) is 13.4. The predicted molar refractivity (Wildman–Crippen MR) is 158 cm³/mol. The molecule has 0 saturated carbocycles. The fourth-order valence-corrected chi connectivity index (χ4v) is 4.49. The molecule has 0 unspecified atom stereocenters. The van der Waals surface area contributed by atoms with Gasteiger partial charge in [0, 0.05) is 35.9 Å². The van der Waals surface area contributed by atoms with Gasteiger partial charge < -0.3 is 26.6 Å². The summed E-state index contributed by atoms with van der Waals surface area (Å²) in [7, 11) is 0. The van der Waals surface area contributed by atoms with E-state index in [1.165, 1.54) is 6.07 Å². The molecule has 0 fully saturated rings. The second kappa shape index (κ2) is 12.9. The van der Waals surface area contributed by atoms with Gasteiger partial charge in [-0.3, -0.25) is 4.79 Å². The number of halogens is 3. The Bertz CT molecular complexity index is 1600. The van der Waals surface area contributed by atoms with Crippen LogP contribution in [0.1, 0.15) is 35.3 Å². The van der Waals surface area contributed by atoms with Gasteiger partial charge in [0.15, 0.2) is 0 Å². The third-order valence-electron chi connectivity index (χ3n) is 6.85. The van der Waals surface area contributed by atoms with Crippen molar-refractivity contribution in [2.24, 2.45) is 0 Å². The minimum absolute atomic E-state index is 0.0672. The lowest BCUT2D eigenvalue weighted by Gasteiger charge is -2.19. The maximum Gasteiger partial charge on any atom is 0.418 e. The largest absolute Gasteiger partial charge is 0.418 e. The molecule has 1 heterocycles. The Kier molecular flexibility index (Phi) is 9.26. The van der Waals surface area contributed by atoms with Crippen LogP contribution < -0.4 is 21.7 Å². The van der Waals surface area contributed by atoms with Gasteiger partial charge in [-0.2, -0.15) is 13.2 Å². The minimum atomic E-state index is -4.77. The molecule has 4 rings (SSSR count). The first-order valence-electron chi connectivity index (χ1n) is 13.4. The standard InChI is InChI=1S/C30H32F3N7O2/c1-4-40(5-2)13-12-35-29(42)39-26-11-9-22(16-24(26)30(31,32)33)37-27(41)20-7-6-18(3)23(15-20)19-8-10-25-21(14-19)17-36-28(34)38-25/h6-11,14-17H,4-5,12-13H2,1-3H3,(H,37,41)(H2,34,36,38)(H2,35,39,42). The number of carbonyl (C=O) groups excluding carboxylic acids is 2. The van der Waals surface area contributed by atoms with Crippen molar-refractivity contribution < 1.29 is 22.8 Å². The van der Waals surface area contributed by atoms with Gasteiger partial charge in [-0.25, -0.2) is 14.8 Å². The van der Waals surface area contributed by atoms with Crippen LogP contribution in [0.15, 0.2) is 60.8 Å². The van der Waals surface area contributed by atoms with Crippen LogP contribution in [-0.2, 0) is 6.18 Å². The Balaban J connectivity index is 1.51. The highest BCUT2D eigenvalue weighted by molar-refractivity contribution is 6.05. The highest BCUT2D eigenvalue weighted by Crippen LogP contribution is 2.37. The molecule has 0 bridgehead atoms. The molecular formula is C30H32F3N7O2. The number of alkyl halides is 3. The van der Waals surface area contributed by atoms with Gasteiger partial charge in [0.25, 0.3) is 5.91 Å². The topological polar surface area (TPSA) is 125 Å². The zero-order valence-electron chi connectivity index (χ0n) is 23.5. The second-order valence-corrected chi connectivity index (χ2v) is 9.65. The third kappa shape index (κ3) is 7.32. The third-order valence-corrected chi connectivity index (χ3v) is 6.85. The highest BCUT2D eigenvalue weighted by atomic mass is 19.4. The van der Waals surface area contributed by atoms with E-state index in [9.17, 15) is 22.8 Å². The average molecular weight is 580 g/mol. The maximum atomic E-state index is 13.9. The summed E-state index contributed by atoms with van der Waals surface area (Å²) in [6.07, 6.45) is -3.16. The zero-order valence-corrected chi connectivity index (χ0v) is 23.5. The predicted octanol–water partition coefficient (Wildman–Crippen LogP) is 5.92. The van der Waals surface area contributed by atoms with Crippen LogP contribution in [0, 0.1) is 6.92 Å². The molecule has 0 spiro atoms. The van der Waals surface area contributed by atoms with E-state index < -0.39 is 29.4 Å². The Morgan fingerprint density at radius 2 is 1.74 bits per heavy atom. The number of likely N-dealkylation sites (N-methyl/N-ethyl adjacent to an activating group) is 1. The van der Waals surface area contributed by atoms with Crippen LogP contribution in [0.3, 0.4) is 0 Å². The monoisotopic (exact) mass is 579 g/mol. The fraction of sp³-hybridized carbons (Fsp3) is 0.267. The molecule has 5 N–H and O–H groups in total. The van der Waals surface area contributed by atoms with Gasteiger partial charge in [-0.05, 0) is 79.2 Å². The maximum absolute atomic E-state index is 13.9. The molecule has 0 saturated heterocycles. The van der Waals surface area contributed by atoms with Crippen LogP contribution in [-0.4, -0.2) is 53.0 Å². The van der Waals surface area contributed by atoms with Gasteiger partial charge in [-0.15, -0.1) is 0 Å². The van der Waals surface area contributed by atoms with Crippen LogP contribution >= 0.6 is 0 Å². The number of aryl methyl sites for hydroxylation is 1. The number of anilines is 3. The molecule has 12 heteroatoms. The lowest BCUT2D eigenvalue weighted by molar-refractivity contribution is -0.136. The van der Waals surface area contributed by atoms with Crippen molar-refractivity contribution in [1.29, 1.82) is 0 Å². The number of rotatable bonds is 9. The summed E-state index contributed by atoms with van der Waals surface area (Å²) in [5, 5.41) is 8.14. The van der Waals surface area contributed by atoms with Crippen molar-refractivity contribution in [2.45, 2.75) is 26.9 Å². The average Bonchev–Trinajstić information content (AvgIpc) is 2.95. The summed E-state index contributed by atoms with van der Waals surface area (Å²) in [5.41, 5.74) is 7.50. The summed E-state index contributed by atoms with van der Waals surface area (Å²) in [5.74, 6) is -0.423. The molecule has 0 aliphatic carbocycles. The van der Waals surface area contributed by atoms with Gasteiger partial charge >= 0.3 is 12.2 Å².